The predicted molar refractivity (Wildman–Crippen MR) is 216 cm³/mol. The molecule has 290 valence electrons. The molecule has 0 saturated carbocycles. The number of rotatable bonds is 35. The fourth-order valence-corrected chi connectivity index (χ4v) is 6.18. The third-order valence-electron chi connectivity index (χ3n) is 9.02. The molecule has 0 saturated heterocycles. The van der Waals surface area contributed by atoms with Gasteiger partial charge < -0.3 is 30.9 Å². The number of carbonyl (C=O) groups is 2. The van der Waals surface area contributed by atoms with Crippen LogP contribution in [0.1, 0.15) is 194 Å². The molecule has 0 amide bonds. The van der Waals surface area contributed by atoms with E-state index in [9.17, 15) is 9.59 Å². The average Bonchev–Trinajstić information content (AvgIpc) is 3.05. The molecule has 0 rings (SSSR count). The highest BCUT2D eigenvalue weighted by molar-refractivity contribution is 14.1. The van der Waals surface area contributed by atoms with Crippen LogP contribution in [0.3, 0.4) is 0 Å². The first-order valence-electron chi connectivity index (χ1n) is 20.3. The first-order valence-corrected chi connectivity index (χ1v) is 21.6. The largest absolute Gasteiger partial charge is 1.00 e. The van der Waals surface area contributed by atoms with Crippen molar-refractivity contribution < 1.29 is 40.5 Å². The van der Waals surface area contributed by atoms with Gasteiger partial charge in [0.25, 0.3) is 0 Å². The maximum atomic E-state index is 12.7. The number of esters is 2. The predicted octanol–water partition coefficient (Wildman–Crippen LogP) is 9.99. The summed E-state index contributed by atoms with van der Waals surface area (Å²) in [5.41, 5.74) is 0. The topological polar surface area (TPSA) is 52.6 Å². The molecule has 49 heavy (non-hydrogen) atoms. The van der Waals surface area contributed by atoms with Gasteiger partial charge in [0.15, 0.2) is 10.2 Å². The fourth-order valence-electron chi connectivity index (χ4n) is 5.82. The number of halogens is 2. The monoisotopic (exact) mass is 867 g/mol. The second kappa shape index (κ2) is 37.4. The van der Waals surface area contributed by atoms with E-state index in [1.54, 1.807) is 0 Å². The van der Waals surface area contributed by atoms with E-state index in [0.717, 1.165) is 44.9 Å². The van der Waals surface area contributed by atoms with E-state index in [-0.39, 0.29) is 39.6 Å². The van der Waals surface area contributed by atoms with Crippen molar-refractivity contribution in [1.29, 1.82) is 0 Å². The molecule has 7 heteroatoms. The number of quaternary nitrogens is 1. The zero-order chi connectivity index (χ0) is 35.6. The Bertz CT molecular complexity index is 798. The number of carbonyl (C=O) groups excluding carboxylic acids is 2. The second-order valence-electron chi connectivity index (χ2n) is 14.9. The van der Waals surface area contributed by atoms with Gasteiger partial charge >= 0.3 is 11.9 Å². The first-order chi connectivity index (χ1) is 23.2. The molecule has 0 bridgehead atoms. The van der Waals surface area contributed by atoms with Crippen molar-refractivity contribution in [1.82, 2.24) is 0 Å². The quantitative estimate of drug-likeness (QED) is 0.0121. The van der Waals surface area contributed by atoms with Crippen LogP contribution in [0.25, 0.3) is 0 Å². The minimum absolute atomic E-state index is 0. The molecule has 5 nitrogen and oxygen atoms in total. The van der Waals surface area contributed by atoms with Gasteiger partial charge in [-0.3, -0.25) is 9.59 Å². The van der Waals surface area contributed by atoms with Gasteiger partial charge in [0, 0.05) is 12.8 Å². The van der Waals surface area contributed by atoms with Gasteiger partial charge in [-0.05, 0) is 86.8 Å². The second-order valence-corrected chi connectivity index (χ2v) is 16.1. The SMILES string of the molecule is CCCCCCCCC=CCCCCCCCC(=O)OCC(OC(=O)CCCCCCCC=CCCCCCCCC)C(I)[N+](C)(C)C.[Br-]. The number of hydrogen-bond donors (Lipinski definition) is 0. The highest BCUT2D eigenvalue weighted by Gasteiger charge is 2.34. The lowest BCUT2D eigenvalue weighted by Crippen LogP contribution is -3.00. The Morgan fingerprint density at radius 3 is 1.22 bits per heavy atom. The molecule has 0 aromatic heterocycles. The summed E-state index contributed by atoms with van der Waals surface area (Å²) in [5, 5.41) is 0. The Balaban J connectivity index is 0. The Morgan fingerprint density at radius 2 is 0.857 bits per heavy atom. The maximum absolute atomic E-state index is 12.7. The van der Waals surface area contributed by atoms with Crippen LogP contribution < -0.4 is 17.0 Å². The smallest absolute Gasteiger partial charge is 0.306 e. The Morgan fingerprint density at radius 1 is 0.531 bits per heavy atom. The number of alkyl halides is 1. The standard InChI is InChI=1S/C42H79INO4.BrH/c1-6-8-10-12-14-16-18-20-22-24-26-28-30-32-34-36-40(45)47-38-39(42(43)44(3,4)5)48-41(46)37-35-33-31-29-27-25-23-21-19-17-15-13-11-9-7-2;/h20-23,39,42H,6-19,24-38H2,1-5H3;1H/q+1;/p-1. The van der Waals surface area contributed by atoms with Crippen LogP contribution in [0, 0.1) is 0 Å². The molecule has 0 aliphatic heterocycles. The van der Waals surface area contributed by atoms with Crippen molar-refractivity contribution in [2.45, 2.75) is 204 Å². The molecular formula is C42H79BrINO4. The normalized spacial score (nSPS) is 13.1. The molecule has 2 atom stereocenters. The number of likely N-dealkylation sites (N-methyl/N-ethyl adjacent to an activating group) is 1. The highest BCUT2D eigenvalue weighted by Crippen LogP contribution is 2.21. The van der Waals surface area contributed by atoms with E-state index in [1.807, 2.05) is 0 Å². The minimum Gasteiger partial charge on any atom is -1.00 e. The van der Waals surface area contributed by atoms with Gasteiger partial charge in [0.05, 0.1) is 21.1 Å². The average molecular weight is 869 g/mol. The Kier molecular flexibility index (Phi) is 38.6. The van der Waals surface area contributed by atoms with Crippen LogP contribution in [0.2, 0.25) is 0 Å². The third-order valence-corrected chi connectivity index (χ3v) is 11.5. The third kappa shape index (κ3) is 35.8. The highest BCUT2D eigenvalue weighted by atomic mass is 127. The van der Waals surface area contributed by atoms with Crippen molar-refractivity contribution in [2.24, 2.45) is 0 Å². The van der Waals surface area contributed by atoms with E-state index in [0.29, 0.717) is 17.3 Å². The van der Waals surface area contributed by atoms with Gasteiger partial charge in [-0.25, -0.2) is 0 Å². The zero-order valence-corrected chi connectivity index (χ0v) is 36.5. The van der Waals surface area contributed by atoms with E-state index < -0.39 is 6.10 Å². The van der Waals surface area contributed by atoms with Crippen LogP contribution >= 0.6 is 22.6 Å². The van der Waals surface area contributed by atoms with Gasteiger partial charge in [0.2, 0.25) is 0 Å². The molecule has 0 aromatic rings. The zero-order valence-electron chi connectivity index (χ0n) is 32.8. The van der Waals surface area contributed by atoms with Crippen molar-refractivity contribution in [3.63, 3.8) is 0 Å². The first kappa shape index (κ1) is 50.7. The van der Waals surface area contributed by atoms with Crippen molar-refractivity contribution in [2.75, 3.05) is 27.7 Å². The lowest BCUT2D eigenvalue weighted by atomic mass is 10.1. The number of nitrogens with zero attached hydrogens (tertiary/aromatic N) is 1. The number of hydrogen-bond acceptors (Lipinski definition) is 4. The van der Waals surface area contributed by atoms with Crippen molar-refractivity contribution in [3.8, 4) is 0 Å². The van der Waals surface area contributed by atoms with Crippen LogP contribution in [-0.4, -0.2) is 54.3 Å². The Labute approximate surface area is 329 Å². The Hall–Kier alpha value is -0.410. The van der Waals surface area contributed by atoms with Crippen LogP contribution in [0.4, 0.5) is 0 Å². The minimum atomic E-state index is -0.445. The van der Waals surface area contributed by atoms with Crippen LogP contribution in [0.15, 0.2) is 24.3 Å². The lowest BCUT2D eigenvalue weighted by Gasteiger charge is -2.34. The van der Waals surface area contributed by atoms with Crippen LogP contribution in [-0.2, 0) is 19.1 Å². The van der Waals surface area contributed by atoms with Crippen molar-refractivity contribution >= 4 is 34.5 Å². The summed E-state index contributed by atoms with van der Waals surface area (Å²) in [6.07, 6.45) is 41.9. The number of allylic oxidation sites excluding steroid dienone is 4. The van der Waals surface area contributed by atoms with Gasteiger partial charge in [-0.2, -0.15) is 0 Å². The molecule has 0 aliphatic carbocycles. The summed E-state index contributed by atoms with van der Waals surface area (Å²) in [5.74, 6) is -0.364. The summed E-state index contributed by atoms with van der Waals surface area (Å²) in [6.45, 7) is 4.66. The fraction of sp³-hybridized carbons (Fsp3) is 0.857. The molecule has 0 N–H and O–H groups in total. The molecule has 0 radical (unpaired) electrons. The summed E-state index contributed by atoms with van der Waals surface area (Å²) in [7, 11) is 6.24. The molecule has 2 unspecified atom stereocenters. The lowest BCUT2D eigenvalue weighted by molar-refractivity contribution is -0.879. The van der Waals surface area contributed by atoms with E-state index >= 15 is 0 Å². The van der Waals surface area contributed by atoms with E-state index in [1.165, 1.54) is 122 Å². The molecule has 0 spiro atoms. The van der Waals surface area contributed by atoms with Gasteiger partial charge in [0.1, 0.15) is 6.61 Å². The number of unbranched alkanes of at least 4 members (excludes halogenated alkanes) is 22. The molecular weight excluding hydrogens is 789 g/mol. The summed E-state index contributed by atoms with van der Waals surface area (Å²) in [6, 6.07) is 0. The molecule has 0 aliphatic rings. The van der Waals surface area contributed by atoms with Crippen LogP contribution in [0.5, 0.6) is 0 Å². The van der Waals surface area contributed by atoms with Crippen molar-refractivity contribution in [3.05, 3.63) is 24.3 Å². The number of ether oxygens (including phenoxy) is 2. The van der Waals surface area contributed by atoms with Gasteiger partial charge in [-0.1, -0.05) is 141 Å². The molecule has 0 aromatic carbocycles. The summed E-state index contributed by atoms with van der Waals surface area (Å²) >= 11 is 2.33. The molecule has 0 fully saturated rings. The van der Waals surface area contributed by atoms with E-state index in [4.69, 9.17) is 9.47 Å². The summed E-state index contributed by atoms with van der Waals surface area (Å²) in [4.78, 5) is 25.2. The van der Waals surface area contributed by atoms with E-state index in [2.05, 4.69) is 81.9 Å². The maximum Gasteiger partial charge on any atom is 0.306 e. The summed E-state index contributed by atoms with van der Waals surface area (Å²) < 4.78 is 12.1. The molecule has 0 heterocycles. The van der Waals surface area contributed by atoms with Gasteiger partial charge in [-0.15, -0.1) is 0 Å².